The average Bonchev–Trinajstić information content (AvgIpc) is 3.39. The van der Waals surface area contributed by atoms with Crippen LogP contribution in [0.25, 0.3) is 0 Å². The number of carbonyl (C=O) groups excluding carboxylic acids is 2. The van der Waals surface area contributed by atoms with E-state index in [-0.39, 0.29) is 35.8 Å². The molecule has 2 heterocycles. The Labute approximate surface area is 274 Å². The number of allylic oxidation sites excluding steroid dienone is 4. The van der Waals surface area contributed by atoms with Crippen molar-refractivity contribution >= 4 is 87.3 Å². The number of nitrogens with one attached hydrogen (secondary N) is 1. The van der Waals surface area contributed by atoms with E-state index >= 15 is 0 Å². The van der Waals surface area contributed by atoms with Crippen molar-refractivity contribution < 1.29 is 38.9 Å². The van der Waals surface area contributed by atoms with Crippen LogP contribution in [-0.4, -0.2) is 72.5 Å². The number of rotatable bonds is 11. The summed E-state index contributed by atoms with van der Waals surface area (Å²) >= 11 is 13.8. The summed E-state index contributed by atoms with van der Waals surface area (Å²) in [4.78, 5) is 34.0. The number of carbonyl (C=O) groups is 2. The van der Waals surface area contributed by atoms with Gasteiger partial charge in [0, 0.05) is 23.8 Å². The van der Waals surface area contributed by atoms with Crippen molar-refractivity contribution in [3.8, 4) is 5.75 Å². The molecule has 1 aromatic carbocycles. The summed E-state index contributed by atoms with van der Waals surface area (Å²) in [5.74, 6) is -1.47. The molecule has 1 unspecified atom stereocenters. The zero-order chi connectivity index (χ0) is 30.4. The van der Waals surface area contributed by atoms with Crippen molar-refractivity contribution in [2.45, 2.75) is 31.2 Å². The lowest BCUT2D eigenvalue weighted by molar-refractivity contribution is -0.225. The van der Waals surface area contributed by atoms with Crippen LogP contribution >= 0.6 is 63.7 Å². The van der Waals surface area contributed by atoms with E-state index in [2.05, 4.69) is 79.2 Å². The van der Waals surface area contributed by atoms with E-state index in [0.717, 1.165) is 14.5 Å². The van der Waals surface area contributed by atoms with Gasteiger partial charge in [-0.25, -0.2) is 0 Å². The number of nitrogens with zero attached hydrogens (tertiary/aromatic N) is 2. The zero-order valence-corrected chi connectivity index (χ0v) is 28.4. The second kappa shape index (κ2) is 14.3. The van der Waals surface area contributed by atoms with Crippen molar-refractivity contribution in [3.63, 3.8) is 0 Å². The Hall–Kier alpha value is -2.46. The van der Waals surface area contributed by atoms with Crippen molar-refractivity contribution in [3.05, 3.63) is 71.1 Å². The predicted octanol–water partition coefficient (Wildman–Crippen LogP) is 5.01. The first kappa shape index (κ1) is 32.5. The molecule has 42 heavy (non-hydrogen) atoms. The molecular weight excluding hydrogens is 814 g/mol. The molecular formula is C27H25Br4N3O8. The molecule has 11 nitrogen and oxygen atoms in total. The number of hydrogen-bond donors (Lipinski definition) is 3. The van der Waals surface area contributed by atoms with E-state index in [4.69, 9.17) is 19.0 Å². The van der Waals surface area contributed by atoms with Gasteiger partial charge in [-0.15, -0.1) is 0 Å². The Balaban J connectivity index is 1.22. The first-order valence-electron chi connectivity index (χ1n) is 12.5. The summed E-state index contributed by atoms with van der Waals surface area (Å²) in [6.45, 7) is 0.991. The summed E-state index contributed by atoms with van der Waals surface area (Å²) in [6, 6.07) is 3.83. The lowest BCUT2D eigenvalue weighted by atomic mass is 10.0. The number of aliphatic imine (C=N–C) groups is 1. The van der Waals surface area contributed by atoms with Crippen LogP contribution in [0.1, 0.15) is 18.4 Å². The van der Waals surface area contributed by atoms with E-state index in [1.165, 1.54) is 31.7 Å². The minimum Gasteiger partial charge on any atom is -0.507 e. The Morgan fingerprint density at radius 1 is 1.26 bits per heavy atom. The highest BCUT2D eigenvalue weighted by molar-refractivity contribution is 9.12. The third-order valence-corrected chi connectivity index (χ3v) is 8.60. The Morgan fingerprint density at radius 2 is 2.00 bits per heavy atom. The Kier molecular flexibility index (Phi) is 11.1. The fourth-order valence-electron chi connectivity index (χ4n) is 4.07. The van der Waals surface area contributed by atoms with Gasteiger partial charge < -0.3 is 34.6 Å². The molecule has 3 N–H and O–H groups in total. The highest BCUT2D eigenvalue weighted by Crippen LogP contribution is 2.41. The van der Waals surface area contributed by atoms with E-state index in [1.807, 2.05) is 12.1 Å². The fourth-order valence-corrected chi connectivity index (χ4v) is 7.11. The number of halogens is 4. The Morgan fingerprint density at radius 3 is 2.67 bits per heavy atom. The van der Waals surface area contributed by atoms with Crippen molar-refractivity contribution in [2.24, 2.45) is 10.1 Å². The molecule has 1 amide bonds. The maximum atomic E-state index is 12.7. The van der Waals surface area contributed by atoms with E-state index in [0.29, 0.717) is 46.5 Å². The van der Waals surface area contributed by atoms with Crippen LogP contribution in [0.4, 0.5) is 0 Å². The van der Waals surface area contributed by atoms with Gasteiger partial charge in [-0.2, -0.15) is 0 Å². The van der Waals surface area contributed by atoms with Gasteiger partial charge in [0.25, 0.3) is 5.91 Å². The molecule has 0 saturated carbocycles. The summed E-state index contributed by atoms with van der Waals surface area (Å²) in [7, 11) is 1.49. The second-order valence-corrected chi connectivity index (χ2v) is 12.6. The third-order valence-electron chi connectivity index (χ3n) is 6.23. The van der Waals surface area contributed by atoms with E-state index < -0.39 is 17.8 Å². The lowest BCUT2D eigenvalue weighted by Crippen LogP contribution is -2.49. The number of ketones is 1. The molecule has 1 aromatic rings. The maximum absolute atomic E-state index is 12.7. The number of methoxy groups -OCH3 is 1. The molecule has 1 aliphatic carbocycles. The van der Waals surface area contributed by atoms with Crippen LogP contribution in [0.5, 0.6) is 5.75 Å². The highest BCUT2D eigenvalue weighted by Gasteiger charge is 2.54. The molecule has 4 rings (SSSR count). The lowest BCUT2D eigenvalue weighted by Gasteiger charge is -2.27. The molecule has 224 valence electrons. The largest absolute Gasteiger partial charge is 0.507 e. The number of ether oxygens (including phenoxy) is 3. The highest BCUT2D eigenvalue weighted by atomic mass is 79.9. The smallest absolute Gasteiger partial charge is 0.311 e. The number of hydrogen-bond acceptors (Lipinski definition) is 10. The average molecular weight is 839 g/mol. The first-order valence-corrected chi connectivity index (χ1v) is 15.7. The van der Waals surface area contributed by atoms with Gasteiger partial charge in [0.1, 0.15) is 23.5 Å². The van der Waals surface area contributed by atoms with Gasteiger partial charge in [0.2, 0.25) is 0 Å². The SMILES string of the molecule is COC1=C(Br)CC2(OC=C1Br)ON=C(C(=O)NCCCOc1c(Br)cc(CCN=CC3=C(O)C=CC3=O)cc1Br)[C@@H]2O. The van der Waals surface area contributed by atoms with Crippen molar-refractivity contribution in [2.75, 3.05) is 26.8 Å². The fraction of sp³-hybridized carbons (Fsp3) is 0.333. The van der Waals surface area contributed by atoms with Gasteiger partial charge in [0.15, 0.2) is 17.6 Å². The molecule has 0 bridgehead atoms. The van der Waals surface area contributed by atoms with Crippen LogP contribution < -0.4 is 10.1 Å². The summed E-state index contributed by atoms with van der Waals surface area (Å²) < 4.78 is 19.4. The predicted molar refractivity (Wildman–Crippen MR) is 169 cm³/mol. The zero-order valence-electron chi connectivity index (χ0n) is 22.0. The maximum Gasteiger partial charge on any atom is 0.311 e. The quantitative estimate of drug-likeness (QED) is 0.208. The van der Waals surface area contributed by atoms with Crippen LogP contribution in [-0.2, 0) is 30.3 Å². The molecule has 2 aliphatic heterocycles. The Bertz CT molecular complexity index is 1430. The molecule has 0 saturated heterocycles. The van der Waals surface area contributed by atoms with Crippen LogP contribution in [0, 0.1) is 0 Å². The first-order chi connectivity index (χ1) is 20.1. The number of oxime groups is 1. The monoisotopic (exact) mass is 835 g/mol. The summed E-state index contributed by atoms with van der Waals surface area (Å²) in [5, 5.41) is 27.0. The molecule has 0 aromatic heterocycles. The van der Waals surface area contributed by atoms with Crippen molar-refractivity contribution in [1.82, 2.24) is 5.32 Å². The molecule has 0 radical (unpaired) electrons. The van der Waals surface area contributed by atoms with Gasteiger partial charge in [0.05, 0.1) is 39.1 Å². The van der Waals surface area contributed by atoms with Gasteiger partial charge in [-0.1, -0.05) is 21.1 Å². The normalized spacial score (nSPS) is 21.9. The molecule has 1 spiro atoms. The molecule has 3 aliphatic rings. The van der Waals surface area contributed by atoms with E-state index in [9.17, 15) is 19.8 Å². The standard InChI is InChI=1S/C27H25Br4N3O8/c1-39-23-18(30)11-27(41-13-19(23)31)25(37)22(34-42-27)26(38)33-6-2-8-40-24-16(28)9-14(10-17(24)29)5-7-32-12-15-20(35)3-4-21(15)36/h3-4,9-10,12-13,25,35,37H,2,5-8,11H2,1H3,(H,33,38)/t25-,27?/m0/s1. The minimum absolute atomic E-state index is 0.0500. The molecule has 2 atom stereocenters. The molecule has 15 heteroatoms. The number of benzene rings is 1. The summed E-state index contributed by atoms with van der Waals surface area (Å²) in [6.07, 6.45) is 5.05. The molecule has 0 fully saturated rings. The van der Waals surface area contributed by atoms with E-state index in [1.54, 1.807) is 0 Å². The number of aliphatic hydroxyl groups excluding tert-OH is 2. The third kappa shape index (κ3) is 7.36. The number of amides is 1. The second-order valence-electron chi connectivity index (χ2n) is 9.11. The van der Waals surface area contributed by atoms with Gasteiger partial charge in [-0.05, 0) is 90.5 Å². The minimum atomic E-state index is -1.61. The van der Waals surface area contributed by atoms with Gasteiger partial charge >= 0.3 is 5.79 Å². The van der Waals surface area contributed by atoms with Gasteiger partial charge in [-0.3, -0.25) is 14.6 Å². The summed E-state index contributed by atoms with van der Waals surface area (Å²) in [5.41, 5.74) is 0.970. The van der Waals surface area contributed by atoms with Crippen LogP contribution in [0.3, 0.4) is 0 Å². The number of aliphatic hydroxyl groups is 2. The van der Waals surface area contributed by atoms with Crippen LogP contribution in [0.15, 0.2) is 75.7 Å². The topological polar surface area (TPSA) is 148 Å². The van der Waals surface area contributed by atoms with Crippen molar-refractivity contribution in [1.29, 1.82) is 0 Å². The van der Waals surface area contributed by atoms with Crippen LogP contribution in [0.2, 0.25) is 0 Å².